The number of hydrogen-bond acceptors (Lipinski definition) is 12. The molecular weight excluding hydrogens is 817 g/mol. The second-order valence-corrected chi connectivity index (χ2v) is 19.3. The fourth-order valence-corrected chi connectivity index (χ4v) is 9.00. The number of hydrogen-bond donors (Lipinski definition) is 8. The van der Waals surface area contributed by atoms with E-state index in [9.17, 15) is 40.9 Å². The van der Waals surface area contributed by atoms with Gasteiger partial charge in [-0.15, -0.1) is 0 Å². The lowest BCUT2D eigenvalue weighted by atomic mass is 9.71. The summed E-state index contributed by atoms with van der Waals surface area (Å²) < 4.78 is 23.4. The van der Waals surface area contributed by atoms with E-state index in [-0.39, 0.29) is 23.0 Å². The van der Waals surface area contributed by atoms with Crippen LogP contribution >= 0.6 is 0 Å². The molecule has 2 aliphatic heterocycles. The Morgan fingerprint density at radius 1 is 0.516 bits per heavy atom. The molecule has 0 aromatic rings. The average molecular weight is 893 g/mol. The van der Waals surface area contributed by atoms with Gasteiger partial charge in [0, 0.05) is 0 Å². The lowest BCUT2D eigenvalue weighted by molar-refractivity contribution is -0.313. The molecule has 2 aliphatic carbocycles. The van der Waals surface area contributed by atoms with E-state index in [1.165, 1.54) is 11.1 Å². The Morgan fingerprint density at radius 2 is 0.844 bits per heavy atom. The highest BCUT2D eigenvalue weighted by atomic mass is 16.7. The van der Waals surface area contributed by atoms with Crippen LogP contribution < -0.4 is 0 Å². The van der Waals surface area contributed by atoms with Gasteiger partial charge in [-0.3, -0.25) is 0 Å². The highest BCUT2D eigenvalue weighted by molar-refractivity contribution is 5.39. The van der Waals surface area contributed by atoms with Gasteiger partial charge in [-0.1, -0.05) is 146 Å². The molecule has 0 saturated carbocycles. The van der Waals surface area contributed by atoms with Crippen LogP contribution in [0.5, 0.6) is 0 Å². The van der Waals surface area contributed by atoms with Crippen molar-refractivity contribution in [2.45, 2.75) is 169 Å². The van der Waals surface area contributed by atoms with Crippen LogP contribution in [-0.4, -0.2) is 128 Å². The molecule has 8 N–H and O–H groups in total. The lowest BCUT2D eigenvalue weighted by Crippen LogP contribution is -2.59. The van der Waals surface area contributed by atoms with Crippen molar-refractivity contribution in [1.82, 2.24) is 0 Å². The molecule has 12 atom stereocenters. The molecule has 356 valence electrons. The number of ether oxygens (including phenoxy) is 4. The summed E-state index contributed by atoms with van der Waals surface area (Å²) in [7, 11) is 0. The van der Waals surface area contributed by atoms with Crippen molar-refractivity contribution in [1.29, 1.82) is 0 Å². The van der Waals surface area contributed by atoms with Crippen molar-refractivity contribution in [3.63, 3.8) is 0 Å². The van der Waals surface area contributed by atoms with Gasteiger partial charge in [-0.25, -0.2) is 0 Å². The predicted molar refractivity (Wildman–Crippen MR) is 249 cm³/mol. The molecule has 2 saturated heterocycles. The highest BCUT2D eigenvalue weighted by Crippen LogP contribution is 2.44. The molecule has 0 spiro atoms. The zero-order chi connectivity index (χ0) is 47.5. The molecule has 0 aromatic heterocycles. The topological polar surface area (TPSA) is 199 Å². The SMILES string of the molecule is CC1=C(/C=C/C(C)=C/C=C/C(C)=C/C=C/C=C(C)/C=C/C=C(C)/C=C/C2=C(C)C[C@@H](O[C@@H]3O[C@H](CO)[C@@H](O)[C@H](O)[C@H]3O)CC2(C)C)C(C)(C)C[C@H](O[C@H]2O[C@@H](CO)[C@H](O)[C@@H](O)[C@@H]2O)C1. The van der Waals surface area contributed by atoms with Gasteiger partial charge in [0.05, 0.1) is 25.4 Å². The smallest absolute Gasteiger partial charge is 0.186 e. The van der Waals surface area contributed by atoms with Gasteiger partial charge in [0.2, 0.25) is 0 Å². The molecule has 0 aromatic carbocycles. The monoisotopic (exact) mass is 893 g/mol. The Balaban J connectivity index is 1.25. The minimum Gasteiger partial charge on any atom is -0.394 e. The van der Waals surface area contributed by atoms with Gasteiger partial charge in [0.25, 0.3) is 0 Å². The van der Waals surface area contributed by atoms with Crippen molar-refractivity contribution in [2.24, 2.45) is 10.8 Å². The van der Waals surface area contributed by atoms with Crippen molar-refractivity contribution >= 4 is 0 Å². The van der Waals surface area contributed by atoms with Crippen LogP contribution in [-0.2, 0) is 18.9 Å². The van der Waals surface area contributed by atoms with E-state index in [2.05, 4.69) is 130 Å². The molecule has 2 fully saturated rings. The van der Waals surface area contributed by atoms with Crippen LogP contribution in [0.25, 0.3) is 0 Å². The van der Waals surface area contributed by atoms with Gasteiger partial charge in [-0.2, -0.15) is 0 Å². The lowest BCUT2D eigenvalue weighted by Gasteiger charge is -2.43. The zero-order valence-electron chi connectivity index (χ0n) is 39.5. The number of rotatable bonds is 16. The van der Waals surface area contributed by atoms with Gasteiger partial charge >= 0.3 is 0 Å². The molecule has 0 bridgehead atoms. The van der Waals surface area contributed by atoms with E-state index >= 15 is 0 Å². The molecule has 4 aliphatic rings. The van der Waals surface area contributed by atoms with Crippen molar-refractivity contribution in [3.8, 4) is 0 Å². The van der Waals surface area contributed by atoms with Crippen molar-refractivity contribution in [2.75, 3.05) is 13.2 Å². The third-order valence-electron chi connectivity index (χ3n) is 12.6. The first-order valence-corrected chi connectivity index (χ1v) is 22.5. The third-order valence-corrected chi connectivity index (χ3v) is 12.6. The second kappa shape index (κ2) is 23.9. The second-order valence-electron chi connectivity index (χ2n) is 19.3. The summed E-state index contributed by atoms with van der Waals surface area (Å²) >= 11 is 0. The first-order chi connectivity index (χ1) is 30.1. The molecule has 0 unspecified atom stereocenters. The maximum atomic E-state index is 10.5. The van der Waals surface area contributed by atoms with E-state index in [1.807, 2.05) is 24.3 Å². The Kier molecular flexibility index (Phi) is 19.9. The van der Waals surface area contributed by atoms with Crippen LogP contribution in [0.15, 0.2) is 130 Å². The first kappa shape index (κ1) is 53.3. The quantitative estimate of drug-likeness (QED) is 0.0819. The summed E-state index contributed by atoms with van der Waals surface area (Å²) in [5, 5.41) is 80.6. The third kappa shape index (κ3) is 14.6. The maximum absolute atomic E-state index is 10.5. The van der Waals surface area contributed by atoms with Crippen molar-refractivity contribution in [3.05, 3.63) is 130 Å². The molecular formula is C52H76O12. The van der Waals surface area contributed by atoms with Gasteiger partial charge in [-0.05, 0) is 89.2 Å². The number of aliphatic hydroxyl groups excluding tert-OH is 8. The van der Waals surface area contributed by atoms with Gasteiger partial charge < -0.3 is 59.8 Å². The Labute approximate surface area is 381 Å². The fraction of sp³-hybridized carbons (Fsp3) is 0.577. The van der Waals surface area contributed by atoms with E-state index in [0.29, 0.717) is 25.7 Å². The van der Waals surface area contributed by atoms with Crippen LogP contribution in [0.3, 0.4) is 0 Å². The van der Waals surface area contributed by atoms with Crippen molar-refractivity contribution < 1.29 is 59.8 Å². The Bertz CT molecular complexity index is 1780. The van der Waals surface area contributed by atoms with E-state index in [0.717, 1.165) is 33.4 Å². The summed E-state index contributed by atoms with van der Waals surface area (Å²) in [6.07, 6.45) is 18.2. The average Bonchev–Trinajstić information content (AvgIpc) is 3.21. The van der Waals surface area contributed by atoms with Gasteiger partial charge in [0.1, 0.15) is 48.8 Å². The van der Waals surface area contributed by atoms with Gasteiger partial charge in [0.15, 0.2) is 12.6 Å². The number of aliphatic hydroxyl groups is 8. The predicted octanol–water partition coefficient (Wildman–Crippen LogP) is 6.20. The maximum Gasteiger partial charge on any atom is 0.186 e. The minimum atomic E-state index is -1.47. The van der Waals surface area contributed by atoms with Crippen LogP contribution in [0.2, 0.25) is 0 Å². The summed E-state index contributed by atoms with van der Waals surface area (Å²) in [6.45, 7) is 20.0. The van der Waals surface area contributed by atoms with Crippen LogP contribution in [0, 0.1) is 10.8 Å². The molecule has 0 amide bonds. The molecule has 2 heterocycles. The largest absolute Gasteiger partial charge is 0.394 e. The van der Waals surface area contributed by atoms with E-state index in [4.69, 9.17) is 18.9 Å². The Morgan fingerprint density at radius 3 is 1.17 bits per heavy atom. The van der Waals surface area contributed by atoms with Crippen LogP contribution in [0.1, 0.15) is 94.9 Å². The van der Waals surface area contributed by atoms with Crippen LogP contribution in [0.4, 0.5) is 0 Å². The highest BCUT2D eigenvalue weighted by Gasteiger charge is 2.47. The molecule has 64 heavy (non-hydrogen) atoms. The zero-order valence-corrected chi connectivity index (χ0v) is 39.5. The molecule has 4 rings (SSSR count). The summed E-state index contributed by atoms with van der Waals surface area (Å²) in [6, 6.07) is 0. The summed E-state index contributed by atoms with van der Waals surface area (Å²) in [5.74, 6) is 0. The molecule has 12 nitrogen and oxygen atoms in total. The first-order valence-electron chi connectivity index (χ1n) is 22.5. The standard InChI is InChI=1S/C52H76O12/c1-31(17-13-19-33(3)21-23-39-35(5)25-37(27-51(39,7)8)61-49-47(59)45(57)43(55)41(29-53)63-49)15-11-12-16-32(2)18-14-20-34(4)22-24-40-36(6)26-38(28-52(40,9)10)62-50-48(60)46(58)44(56)42(30-54)64-50/h11-24,37-38,41-50,53-60H,25-30H2,1-10H3/b12-11+,17-13+,18-14+,23-21+,24-22+,31-15+,32-16+,33-19+,34-20+/t37-,38-,41-,42+,43-,44+,45+,46-,47-,48+,49-,50+/m1/s1. The normalized spacial score (nSPS) is 35.1. The molecule has 0 radical (unpaired) electrons. The summed E-state index contributed by atoms with van der Waals surface area (Å²) in [4.78, 5) is 0. The Hall–Kier alpha value is -3.34. The van der Waals surface area contributed by atoms with E-state index in [1.54, 1.807) is 0 Å². The number of allylic oxidation sites excluding steroid dienone is 20. The fourth-order valence-electron chi connectivity index (χ4n) is 9.00. The summed E-state index contributed by atoms with van der Waals surface area (Å²) in [5.41, 5.74) is 8.72. The molecule has 12 heteroatoms. The minimum absolute atomic E-state index is 0.226. The van der Waals surface area contributed by atoms with E-state index < -0.39 is 74.6 Å².